The van der Waals surface area contributed by atoms with Crippen LogP contribution in [0.1, 0.15) is 25.7 Å². The first-order chi connectivity index (χ1) is 9.57. The van der Waals surface area contributed by atoms with Crippen molar-refractivity contribution in [2.24, 2.45) is 5.92 Å². The van der Waals surface area contributed by atoms with Gasteiger partial charge in [0.2, 0.25) is 0 Å². The van der Waals surface area contributed by atoms with Crippen LogP contribution in [0.15, 0.2) is 0 Å². The van der Waals surface area contributed by atoms with Crippen LogP contribution in [0, 0.1) is 5.92 Å². The number of ether oxygens (including phenoxy) is 1. The van der Waals surface area contributed by atoms with Gasteiger partial charge in [-0.2, -0.15) is 0 Å². The van der Waals surface area contributed by atoms with E-state index in [1.54, 1.807) is 7.11 Å². The van der Waals surface area contributed by atoms with E-state index in [-0.39, 0.29) is 5.91 Å². The quantitative estimate of drug-likeness (QED) is 0.819. The molecule has 1 amide bonds. The van der Waals surface area contributed by atoms with Crippen molar-refractivity contribution < 1.29 is 9.53 Å². The van der Waals surface area contributed by atoms with Crippen molar-refractivity contribution in [1.29, 1.82) is 0 Å². The molecule has 0 aromatic heterocycles. The van der Waals surface area contributed by atoms with E-state index in [0.29, 0.717) is 5.92 Å². The molecule has 1 unspecified atom stereocenters. The Kier molecular flexibility index (Phi) is 5.41. The van der Waals surface area contributed by atoms with E-state index >= 15 is 0 Å². The first-order valence-corrected chi connectivity index (χ1v) is 7.77. The van der Waals surface area contributed by atoms with Crippen LogP contribution in [0.4, 0.5) is 0 Å². The number of hydrogen-bond donors (Lipinski definition) is 1. The summed E-state index contributed by atoms with van der Waals surface area (Å²) in [6.07, 6.45) is 4.01. The molecular formula is C15H29N3O2. The number of likely N-dealkylation sites (N-methyl/N-ethyl adjacent to an activating group) is 1. The Morgan fingerprint density at radius 2 is 2.15 bits per heavy atom. The fourth-order valence-electron chi connectivity index (χ4n) is 3.58. The van der Waals surface area contributed by atoms with E-state index in [0.717, 1.165) is 39.0 Å². The summed E-state index contributed by atoms with van der Waals surface area (Å²) >= 11 is 0. The van der Waals surface area contributed by atoms with Crippen LogP contribution in [0.5, 0.6) is 0 Å². The summed E-state index contributed by atoms with van der Waals surface area (Å²) < 4.78 is 5.63. The van der Waals surface area contributed by atoms with Gasteiger partial charge < -0.3 is 19.9 Å². The fourth-order valence-corrected chi connectivity index (χ4v) is 3.58. The van der Waals surface area contributed by atoms with Gasteiger partial charge in [0.05, 0.1) is 0 Å². The van der Waals surface area contributed by atoms with Crippen molar-refractivity contribution >= 4 is 5.91 Å². The van der Waals surface area contributed by atoms with Gasteiger partial charge in [-0.1, -0.05) is 0 Å². The molecule has 1 atom stereocenters. The average molecular weight is 283 g/mol. The number of nitrogens with one attached hydrogen (secondary N) is 1. The molecule has 20 heavy (non-hydrogen) atoms. The second-order valence-electron chi connectivity index (χ2n) is 6.40. The lowest BCUT2D eigenvalue weighted by molar-refractivity contribution is -0.157. The third-order valence-corrected chi connectivity index (χ3v) is 4.79. The normalized spacial score (nSPS) is 27.2. The molecule has 1 N–H and O–H groups in total. The largest absolute Gasteiger partial charge is 0.368 e. The highest BCUT2D eigenvalue weighted by atomic mass is 16.5. The highest BCUT2D eigenvalue weighted by molar-refractivity contribution is 5.85. The minimum absolute atomic E-state index is 0.162. The molecule has 2 aliphatic rings. The van der Waals surface area contributed by atoms with E-state index in [1.165, 1.54) is 19.4 Å². The Bertz CT molecular complexity index is 329. The maximum absolute atomic E-state index is 12.8. The molecule has 0 aromatic carbocycles. The fraction of sp³-hybridized carbons (Fsp3) is 0.933. The zero-order valence-corrected chi connectivity index (χ0v) is 13.2. The standard InChI is InChI=1S/C15H29N3O2/c1-17-10-4-5-13(11-17)12-18(2)14(19)15(20-3)6-8-16-9-7-15/h13,16H,4-12H2,1-3H3. The number of piperidine rings is 2. The Balaban J connectivity index is 1.93. The summed E-state index contributed by atoms with van der Waals surface area (Å²) in [7, 11) is 5.77. The minimum Gasteiger partial charge on any atom is -0.368 e. The van der Waals surface area contributed by atoms with Gasteiger partial charge in [0.1, 0.15) is 5.60 Å². The second-order valence-corrected chi connectivity index (χ2v) is 6.40. The Morgan fingerprint density at radius 3 is 2.75 bits per heavy atom. The molecule has 2 saturated heterocycles. The van der Waals surface area contributed by atoms with Crippen molar-refractivity contribution in [3.63, 3.8) is 0 Å². The highest BCUT2D eigenvalue weighted by Gasteiger charge is 2.41. The van der Waals surface area contributed by atoms with Crippen LogP contribution in [-0.4, -0.2) is 75.2 Å². The third-order valence-electron chi connectivity index (χ3n) is 4.79. The van der Waals surface area contributed by atoms with E-state index in [4.69, 9.17) is 4.74 Å². The van der Waals surface area contributed by atoms with Gasteiger partial charge in [-0.15, -0.1) is 0 Å². The van der Waals surface area contributed by atoms with Crippen molar-refractivity contribution in [3.8, 4) is 0 Å². The van der Waals surface area contributed by atoms with Gasteiger partial charge in [0.25, 0.3) is 5.91 Å². The van der Waals surface area contributed by atoms with Gasteiger partial charge in [0.15, 0.2) is 0 Å². The summed E-state index contributed by atoms with van der Waals surface area (Å²) in [4.78, 5) is 17.0. The molecule has 0 bridgehead atoms. The van der Waals surface area contributed by atoms with E-state index in [9.17, 15) is 4.79 Å². The molecule has 0 aliphatic carbocycles. The summed E-state index contributed by atoms with van der Waals surface area (Å²) in [5.41, 5.74) is -0.597. The molecule has 116 valence electrons. The zero-order valence-electron chi connectivity index (χ0n) is 13.2. The van der Waals surface area contributed by atoms with Crippen molar-refractivity contribution in [2.45, 2.75) is 31.3 Å². The first kappa shape index (κ1) is 15.7. The molecule has 5 nitrogen and oxygen atoms in total. The lowest BCUT2D eigenvalue weighted by Crippen LogP contribution is -2.55. The SMILES string of the molecule is COC1(C(=O)N(C)CC2CCCN(C)C2)CCNCC1. The van der Waals surface area contributed by atoms with Gasteiger partial charge in [0, 0.05) is 27.2 Å². The molecule has 2 rings (SSSR count). The van der Waals surface area contributed by atoms with Crippen molar-refractivity contribution in [3.05, 3.63) is 0 Å². The predicted molar refractivity (Wildman–Crippen MR) is 79.7 cm³/mol. The number of carbonyl (C=O) groups is 1. The van der Waals surface area contributed by atoms with Crippen LogP contribution < -0.4 is 5.32 Å². The third kappa shape index (κ3) is 3.51. The number of methoxy groups -OCH3 is 1. The topological polar surface area (TPSA) is 44.8 Å². The second kappa shape index (κ2) is 6.87. The van der Waals surface area contributed by atoms with Crippen molar-refractivity contribution in [2.75, 3.05) is 53.9 Å². The number of rotatable bonds is 4. The highest BCUT2D eigenvalue weighted by Crippen LogP contribution is 2.26. The molecule has 2 fully saturated rings. The van der Waals surface area contributed by atoms with Crippen molar-refractivity contribution in [1.82, 2.24) is 15.1 Å². The van der Waals surface area contributed by atoms with Crippen LogP contribution in [0.3, 0.4) is 0 Å². The average Bonchev–Trinajstić information content (AvgIpc) is 2.47. The number of nitrogens with zero attached hydrogens (tertiary/aromatic N) is 2. The van der Waals surface area contributed by atoms with E-state index in [1.807, 2.05) is 11.9 Å². The van der Waals surface area contributed by atoms with Gasteiger partial charge in [-0.05, 0) is 58.3 Å². The van der Waals surface area contributed by atoms with E-state index in [2.05, 4.69) is 17.3 Å². The molecule has 5 heteroatoms. The summed E-state index contributed by atoms with van der Waals surface area (Å²) in [5, 5.41) is 3.30. The Hall–Kier alpha value is -0.650. The molecule has 0 spiro atoms. The maximum Gasteiger partial charge on any atom is 0.254 e. The molecule has 2 aliphatic heterocycles. The van der Waals surface area contributed by atoms with Crippen LogP contribution in [0.25, 0.3) is 0 Å². The zero-order chi connectivity index (χ0) is 14.6. The molecular weight excluding hydrogens is 254 g/mol. The predicted octanol–water partition coefficient (Wildman–Crippen LogP) is 0.555. The number of likely N-dealkylation sites (tertiary alicyclic amines) is 1. The lowest BCUT2D eigenvalue weighted by Gasteiger charge is -2.39. The molecule has 0 radical (unpaired) electrons. The molecule has 2 heterocycles. The molecule has 0 aromatic rings. The maximum atomic E-state index is 12.8. The monoisotopic (exact) mass is 283 g/mol. The van der Waals surface area contributed by atoms with Gasteiger partial charge in [-0.3, -0.25) is 4.79 Å². The van der Waals surface area contributed by atoms with Crippen LogP contribution in [-0.2, 0) is 9.53 Å². The van der Waals surface area contributed by atoms with Crippen LogP contribution in [0.2, 0.25) is 0 Å². The summed E-state index contributed by atoms with van der Waals surface area (Å²) in [6, 6.07) is 0. The first-order valence-electron chi connectivity index (χ1n) is 7.77. The smallest absolute Gasteiger partial charge is 0.254 e. The van der Waals surface area contributed by atoms with E-state index < -0.39 is 5.60 Å². The summed E-state index contributed by atoms with van der Waals surface area (Å²) in [5.74, 6) is 0.757. The molecule has 0 saturated carbocycles. The Morgan fingerprint density at radius 1 is 1.45 bits per heavy atom. The summed E-state index contributed by atoms with van der Waals surface area (Å²) in [6.45, 7) is 4.85. The van der Waals surface area contributed by atoms with Gasteiger partial charge >= 0.3 is 0 Å². The number of carbonyl (C=O) groups excluding carboxylic acids is 1. The minimum atomic E-state index is -0.597. The lowest BCUT2D eigenvalue weighted by atomic mass is 9.89. The number of amides is 1. The Labute approximate surface area is 122 Å². The van der Waals surface area contributed by atoms with Gasteiger partial charge in [-0.25, -0.2) is 0 Å². The number of hydrogen-bond acceptors (Lipinski definition) is 4. The van der Waals surface area contributed by atoms with Crippen LogP contribution >= 0.6 is 0 Å².